The molecule has 2 N–H and O–H groups in total. The van der Waals surface area contributed by atoms with Gasteiger partial charge in [-0.2, -0.15) is 13.2 Å². The van der Waals surface area contributed by atoms with Crippen LogP contribution in [-0.4, -0.2) is 50.6 Å². The summed E-state index contributed by atoms with van der Waals surface area (Å²) in [6, 6.07) is 6.98. The van der Waals surface area contributed by atoms with Gasteiger partial charge in [0.2, 0.25) is 0 Å². The lowest BCUT2D eigenvalue weighted by Gasteiger charge is -2.13. The molecule has 0 aliphatic heterocycles. The van der Waals surface area contributed by atoms with E-state index in [0.717, 1.165) is 5.56 Å². The van der Waals surface area contributed by atoms with E-state index in [-0.39, 0.29) is 36.4 Å². The first-order chi connectivity index (χ1) is 10.7. The third-order valence-electron chi connectivity index (χ3n) is 2.99. The van der Waals surface area contributed by atoms with Crippen molar-refractivity contribution in [3.05, 3.63) is 35.4 Å². The molecule has 0 aromatic heterocycles. The van der Waals surface area contributed by atoms with Crippen molar-refractivity contribution < 1.29 is 18.0 Å². The first-order valence-electron chi connectivity index (χ1n) is 7.05. The largest absolute Gasteiger partial charge is 0.390 e. The maximum atomic E-state index is 12.1. The van der Waals surface area contributed by atoms with Gasteiger partial charge in [0.15, 0.2) is 5.96 Å². The number of benzene rings is 1. The molecule has 24 heavy (non-hydrogen) atoms. The zero-order valence-electron chi connectivity index (χ0n) is 13.8. The number of nitrogens with one attached hydrogen (secondary N) is 2. The lowest BCUT2D eigenvalue weighted by atomic mass is 10.1. The molecule has 9 heteroatoms. The van der Waals surface area contributed by atoms with Gasteiger partial charge in [-0.3, -0.25) is 9.79 Å². The van der Waals surface area contributed by atoms with Crippen LogP contribution < -0.4 is 10.6 Å². The standard InChI is InChI=1S/C15H21F3N4O.HI/c1-19-14(20-9-8-15(16,17)18)21-10-11-4-6-12(7-5-11)13(23)22(2)3;/h4-7H,8-10H2,1-3H3,(H2,19,20,21);1H. The van der Waals surface area contributed by atoms with Crippen molar-refractivity contribution in [2.75, 3.05) is 27.7 Å². The first-order valence-corrected chi connectivity index (χ1v) is 7.05. The van der Waals surface area contributed by atoms with E-state index in [1.54, 1.807) is 38.4 Å². The normalized spacial score (nSPS) is 11.5. The molecule has 1 aromatic rings. The number of aliphatic imine (C=N–C) groups is 1. The quantitative estimate of drug-likeness (QED) is 0.406. The van der Waals surface area contributed by atoms with Crippen molar-refractivity contribution in [2.45, 2.75) is 19.1 Å². The van der Waals surface area contributed by atoms with Crippen LogP contribution in [0.25, 0.3) is 0 Å². The molecule has 0 bridgehead atoms. The zero-order valence-corrected chi connectivity index (χ0v) is 16.1. The Hall–Kier alpha value is -1.52. The molecule has 136 valence electrons. The SMILES string of the molecule is CN=C(NCCC(F)(F)F)NCc1ccc(C(=O)N(C)C)cc1.I. The second-order valence-corrected chi connectivity index (χ2v) is 5.11. The van der Waals surface area contributed by atoms with Gasteiger partial charge >= 0.3 is 6.18 Å². The minimum Gasteiger partial charge on any atom is -0.356 e. The Balaban J connectivity index is 0.00000529. The van der Waals surface area contributed by atoms with Gasteiger partial charge in [0, 0.05) is 39.8 Å². The van der Waals surface area contributed by atoms with Crippen LogP contribution in [0.3, 0.4) is 0 Å². The summed E-state index contributed by atoms with van der Waals surface area (Å²) in [5.74, 6) is 0.205. The molecule has 1 rings (SSSR count). The average molecular weight is 458 g/mol. The molecule has 0 radical (unpaired) electrons. The van der Waals surface area contributed by atoms with Crippen LogP contribution in [0.1, 0.15) is 22.3 Å². The van der Waals surface area contributed by atoms with Crippen LogP contribution in [-0.2, 0) is 6.54 Å². The molecule has 5 nitrogen and oxygen atoms in total. The maximum Gasteiger partial charge on any atom is 0.390 e. The lowest BCUT2D eigenvalue weighted by molar-refractivity contribution is -0.132. The summed E-state index contributed by atoms with van der Waals surface area (Å²) in [5, 5.41) is 5.52. The fourth-order valence-electron chi connectivity index (χ4n) is 1.75. The van der Waals surface area contributed by atoms with Gasteiger partial charge < -0.3 is 15.5 Å². The average Bonchev–Trinajstić information content (AvgIpc) is 2.49. The molecule has 0 heterocycles. The predicted molar refractivity (Wildman–Crippen MR) is 98.7 cm³/mol. The third-order valence-corrected chi connectivity index (χ3v) is 2.99. The third kappa shape index (κ3) is 8.37. The highest BCUT2D eigenvalue weighted by Crippen LogP contribution is 2.18. The van der Waals surface area contributed by atoms with E-state index in [1.165, 1.54) is 11.9 Å². The summed E-state index contributed by atoms with van der Waals surface area (Å²) in [6.45, 7) is 0.154. The Kier molecular flexibility index (Phi) is 9.71. The minimum atomic E-state index is -4.19. The first kappa shape index (κ1) is 22.5. The number of guanidine groups is 1. The van der Waals surface area contributed by atoms with Crippen LogP contribution in [0, 0.1) is 0 Å². The topological polar surface area (TPSA) is 56.7 Å². The number of rotatable bonds is 5. The number of halogens is 4. The summed E-state index contributed by atoms with van der Waals surface area (Å²) in [6.07, 6.45) is -5.12. The Morgan fingerprint density at radius 1 is 1.17 bits per heavy atom. The van der Waals surface area contributed by atoms with Gasteiger partial charge in [0.1, 0.15) is 0 Å². The second kappa shape index (κ2) is 10.4. The number of hydrogen-bond acceptors (Lipinski definition) is 2. The number of hydrogen-bond donors (Lipinski definition) is 2. The molecular formula is C15H22F3IN4O. The molecule has 0 saturated carbocycles. The van der Waals surface area contributed by atoms with Gasteiger partial charge in [-0.25, -0.2) is 0 Å². The summed E-state index contributed by atoms with van der Waals surface area (Å²) >= 11 is 0. The number of nitrogens with zero attached hydrogens (tertiary/aromatic N) is 2. The van der Waals surface area contributed by atoms with Crippen LogP contribution in [0.5, 0.6) is 0 Å². The Morgan fingerprint density at radius 2 is 1.75 bits per heavy atom. The van der Waals surface area contributed by atoms with Gasteiger partial charge in [-0.1, -0.05) is 12.1 Å². The summed E-state index contributed by atoms with van der Waals surface area (Å²) in [7, 11) is 4.84. The second-order valence-electron chi connectivity index (χ2n) is 5.11. The fraction of sp³-hybridized carbons (Fsp3) is 0.467. The molecule has 0 aliphatic rings. The summed E-state index contributed by atoms with van der Waals surface area (Å²) in [4.78, 5) is 17.1. The highest BCUT2D eigenvalue weighted by Gasteiger charge is 2.26. The van der Waals surface area contributed by atoms with Crippen LogP contribution in [0.2, 0.25) is 0 Å². The molecule has 1 aromatic carbocycles. The van der Waals surface area contributed by atoms with E-state index in [1.807, 2.05) is 0 Å². The Bertz CT molecular complexity index is 545. The number of amides is 1. The van der Waals surface area contributed by atoms with E-state index in [4.69, 9.17) is 0 Å². The van der Waals surface area contributed by atoms with Gasteiger partial charge in [0.05, 0.1) is 6.42 Å². The van der Waals surface area contributed by atoms with E-state index in [0.29, 0.717) is 18.1 Å². The molecule has 0 spiro atoms. The molecule has 0 fully saturated rings. The van der Waals surface area contributed by atoms with Crippen molar-refractivity contribution in [1.29, 1.82) is 0 Å². The van der Waals surface area contributed by atoms with Crippen LogP contribution in [0.15, 0.2) is 29.3 Å². The van der Waals surface area contributed by atoms with Crippen molar-refractivity contribution in [2.24, 2.45) is 4.99 Å². The molecule has 0 unspecified atom stereocenters. The van der Waals surface area contributed by atoms with Crippen LogP contribution in [0.4, 0.5) is 13.2 Å². The van der Waals surface area contributed by atoms with E-state index < -0.39 is 12.6 Å². The lowest BCUT2D eigenvalue weighted by Crippen LogP contribution is -2.38. The van der Waals surface area contributed by atoms with Gasteiger partial charge in [0.25, 0.3) is 5.91 Å². The van der Waals surface area contributed by atoms with Gasteiger partial charge in [-0.15, -0.1) is 24.0 Å². The highest BCUT2D eigenvalue weighted by molar-refractivity contribution is 14.0. The molecular weight excluding hydrogens is 436 g/mol. The van der Waals surface area contributed by atoms with E-state index in [9.17, 15) is 18.0 Å². The van der Waals surface area contributed by atoms with Crippen molar-refractivity contribution in [3.63, 3.8) is 0 Å². The monoisotopic (exact) mass is 458 g/mol. The van der Waals surface area contributed by atoms with Gasteiger partial charge in [-0.05, 0) is 17.7 Å². The molecule has 1 amide bonds. The van der Waals surface area contributed by atoms with Crippen molar-refractivity contribution in [1.82, 2.24) is 15.5 Å². The van der Waals surface area contributed by atoms with Crippen molar-refractivity contribution >= 4 is 35.8 Å². The predicted octanol–water partition coefficient (Wildman–Crippen LogP) is 2.62. The molecule has 0 saturated heterocycles. The highest BCUT2D eigenvalue weighted by atomic mass is 127. The zero-order chi connectivity index (χ0) is 17.5. The minimum absolute atomic E-state index is 0. The number of alkyl halides is 3. The van der Waals surface area contributed by atoms with Crippen LogP contribution >= 0.6 is 24.0 Å². The number of carbonyl (C=O) groups is 1. The van der Waals surface area contributed by atoms with E-state index in [2.05, 4.69) is 15.6 Å². The number of carbonyl (C=O) groups excluding carboxylic acids is 1. The molecule has 0 aliphatic carbocycles. The maximum absolute atomic E-state index is 12.1. The fourth-order valence-corrected chi connectivity index (χ4v) is 1.75. The Labute approximate surface area is 156 Å². The Morgan fingerprint density at radius 3 is 2.21 bits per heavy atom. The smallest absolute Gasteiger partial charge is 0.356 e. The van der Waals surface area contributed by atoms with E-state index >= 15 is 0 Å². The summed E-state index contributed by atoms with van der Waals surface area (Å²) < 4.78 is 36.3. The molecule has 0 atom stereocenters. The van der Waals surface area contributed by atoms with Crippen molar-refractivity contribution in [3.8, 4) is 0 Å². The summed E-state index contributed by atoms with van der Waals surface area (Å²) in [5.41, 5.74) is 1.46.